The molecule has 1 aliphatic heterocycles. The number of methoxy groups -OCH3 is 2. The van der Waals surface area contributed by atoms with Crippen LogP contribution in [0.1, 0.15) is 46.9 Å². The number of hydrogen-bond acceptors (Lipinski definition) is 9. The van der Waals surface area contributed by atoms with Gasteiger partial charge in [-0.05, 0) is 38.3 Å². The molecule has 0 spiro atoms. The number of aromatic nitrogens is 4. The van der Waals surface area contributed by atoms with Gasteiger partial charge in [0.1, 0.15) is 5.76 Å². The number of aryl methyl sites for hydroxylation is 1. The van der Waals surface area contributed by atoms with Gasteiger partial charge in [0.05, 0.1) is 12.2 Å². The van der Waals surface area contributed by atoms with E-state index in [0.717, 1.165) is 12.0 Å². The van der Waals surface area contributed by atoms with E-state index in [-0.39, 0.29) is 17.9 Å². The molecule has 10 nitrogen and oxygen atoms in total. The molecule has 0 aromatic carbocycles. The fraction of sp³-hybridized carbons (Fsp3) is 0.500. The zero-order valence-electron chi connectivity index (χ0n) is 18.5. The predicted octanol–water partition coefficient (Wildman–Crippen LogP) is 2.78. The number of pyridine rings is 1. The van der Waals surface area contributed by atoms with Gasteiger partial charge < -0.3 is 23.4 Å². The number of rotatable bonds is 8. The predicted molar refractivity (Wildman–Crippen MR) is 113 cm³/mol. The van der Waals surface area contributed by atoms with Crippen LogP contribution in [0.3, 0.4) is 0 Å². The van der Waals surface area contributed by atoms with E-state index in [0.29, 0.717) is 61.3 Å². The maximum absolute atomic E-state index is 13.1. The molecule has 1 saturated heterocycles. The fourth-order valence-corrected chi connectivity index (χ4v) is 4.09. The van der Waals surface area contributed by atoms with Crippen LogP contribution in [-0.2, 0) is 21.5 Å². The SMILES string of the molecule is COCCC1(c2noc(-c3ccncc3)n2)CCN(C(=O)c2noc(C)c2COC)CC1. The van der Waals surface area contributed by atoms with E-state index in [1.807, 2.05) is 12.1 Å². The molecule has 32 heavy (non-hydrogen) atoms. The standard InChI is InChI=1S/C22H27N5O5/c1-15-17(14-30-3)18(25-31-15)20(28)27-11-6-22(7-12-27,8-13-29-2)21-24-19(32-26-21)16-4-9-23-10-5-16/h4-5,9-10H,6-8,11-14H2,1-3H3. The van der Waals surface area contributed by atoms with Crippen LogP contribution in [0.5, 0.6) is 0 Å². The monoisotopic (exact) mass is 441 g/mol. The molecule has 170 valence electrons. The van der Waals surface area contributed by atoms with Crippen LogP contribution < -0.4 is 0 Å². The summed E-state index contributed by atoms with van der Waals surface area (Å²) in [6, 6.07) is 3.66. The van der Waals surface area contributed by atoms with Gasteiger partial charge in [0.2, 0.25) is 0 Å². The normalized spacial score (nSPS) is 15.8. The van der Waals surface area contributed by atoms with Gasteiger partial charge in [0.15, 0.2) is 11.5 Å². The van der Waals surface area contributed by atoms with Crippen molar-refractivity contribution in [1.82, 2.24) is 25.2 Å². The van der Waals surface area contributed by atoms with Crippen molar-refractivity contribution in [2.24, 2.45) is 0 Å². The molecule has 0 radical (unpaired) electrons. The minimum Gasteiger partial charge on any atom is -0.385 e. The minimum atomic E-state index is -0.337. The number of likely N-dealkylation sites (tertiary alicyclic amines) is 1. The number of nitrogens with zero attached hydrogens (tertiary/aromatic N) is 5. The molecule has 3 aromatic heterocycles. The van der Waals surface area contributed by atoms with Crippen LogP contribution in [0.2, 0.25) is 0 Å². The highest BCUT2D eigenvalue weighted by Crippen LogP contribution is 2.38. The highest BCUT2D eigenvalue weighted by Gasteiger charge is 2.42. The lowest BCUT2D eigenvalue weighted by atomic mass is 9.75. The van der Waals surface area contributed by atoms with E-state index >= 15 is 0 Å². The number of hydrogen-bond donors (Lipinski definition) is 0. The van der Waals surface area contributed by atoms with Crippen molar-refractivity contribution >= 4 is 5.91 Å². The van der Waals surface area contributed by atoms with Crippen LogP contribution in [0.4, 0.5) is 0 Å². The number of carbonyl (C=O) groups excluding carboxylic acids is 1. The third kappa shape index (κ3) is 4.28. The van der Waals surface area contributed by atoms with Gasteiger partial charge in [-0.3, -0.25) is 9.78 Å². The fourth-order valence-electron chi connectivity index (χ4n) is 4.09. The summed E-state index contributed by atoms with van der Waals surface area (Å²) in [6.45, 7) is 3.71. The lowest BCUT2D eigenvalue weighted by Crippen LogP contribution is -2.46. The number of carbonyl (C=O) groups is 1. The van der Waals surface area contributed by atoms with E-state index in [2.05, 4.69) is 15.3 Å². The largest absolute Gasteiger partial charge is 0.385 e. The molecule has 10 heteroatoms. The molecule has 0 N–H and O–H groups in total. The average Bonchev–Trinajstić information content (AvgIpc) is 3.47. The second-order valence-corrected chi connectivity index (χ2v) is 7.97. The Labute approximate surface area is 185 Å². The van der Waals surface area contributed by atoms with Crippen LogP contribution in [-0.4, -0.2) is 65.0 Å². The summed E-state index contributed by atoms with van der Waals surface area (Å²) in [7, 11) is 3.26. The van der Waals surface area contributed by atoms with E-state index in [4.69, 9.17) is 23.5 Å². The lowest BCUT2D eigenvalue weighted by molar-refractivity contribution is 0.0603. The van der Waals surface area contributed by atoms with Crippen LogP contribution in [0.15, 0.2) is 33.6 Å². The van der Waals surface area contributed by atoms with Gasteiger partial charge >= 0.3 is 0 Å². The minimum absolute atomic E-state index is 0.153. The van der Waals surface area contributed by atoms with E-state index < -0.39 is 0 Å². The van der Waals surface area contributed by atoms with Gasteiger partial charge in [0.25, 0.3) is 11.8 Å². The Morgan fingerprint density at radius 1 is 1.12 bits per heavy atom. The number of piperidine rings is 1. The zero-order chi connectivity index (χ0) is 22.6. The van der Waals surface area contributed by atoms with Crippen molar-refractivity contribution in [2.45, 2.75) is 38.2 Å². The Morgan fingerprint density at radius 2 is 1.88 bits per heavy atom. The lowest BCUT2D eigenvalue weighted by Gasteiger charge is -2.39. The van der Waals surface area contributed by atoms with E-state index in [9.17, 15) is 4.79 Å². The topological polar surface area (TPSA) is 117 Å². The first kappa shape index (κ1) is 22.1. The van der Waals surface area contributed by atoms with Gasteiger partial charge in [-0.1, -0.05) is 10.3 Å². The second-order valence-electron chi connectivity index (χ2n) is 7.97. The van der Waals surface area contributed by atoms with Gasteiger partial charge in [-0.25, -0.2) is 0 Å². The Bertz CT molecular complexity index is 1040. The van der Waals surface area contributed by atoms with Crippen LogP contribution >= 0.6 is 0 Å². The Balaban J connectivity index is 1.53. The molecule has 3 aromatic rings. The molecular formula is C22H27N5O5. The molecule has 4 heterocycles. The van der Waals surface area contributed by atoms with Crippen molar-refractivity contribution in [3.05, 3.63) is 47.4 Å². The van der Waals surface area contributed by atoms with Crippen molar-refractivity contribution in [2.75, 3.05) is 33.9 Å². The first-order valence-electron chi connectivity index (χ1n) is 10.5. The third-order valence-electron chi connectivity index (χ3n) is 6.10. The summed E-state index contributed by atoms with van der Waals surface area (Å²) < 4.78 is 21.4. The summed E-state index contributed by atoms with van der Waals surface area (Å²) in [5, 5.41) is 8.28. The Kier molecular flexibility index (Phi) is 6.61. The van der Waals surface area contributed by atoms with Gasteiger partial charge in [-0.15, -0.1) is 0 Å². The van der Waals surface area contributed by atoms with Gasteiger partial charge in [-0.2, -0.15) is 4.98 Å². The van der Waals surface area contributed by atoms with Crippen molar-refractivity contribution in [3.63, 3.8) is 0 Å². The average molecular weight is 441 g/mol. The number of ether oxygens (including phenoxy) is 2. The molecular weight excluding hydrogens is 414 g/mol. The summed E-state index contributed by atoms with van der Waals surface area (Å²) in [4.78, 5) is 23.6. The first-order chi connectivity index (χ1) is 15.6. The molecule has 1 amide bonds. The van der Waals surface area contributed by atoms with Crippen molar-refractivity contribution < 1.29 is 23.3 Å². The molecule has 0 saturated carbocycles. The molecule has 0 unspecified atom stereocenters. The third-order valence-corrected chi connectivity index (χ3v) is 6.10. The number of amides is 1. The van der Waals surface area contributed by atoms with E-state index in [1.54, 1.807) is 38.4 Å². The summed E-state index contributed by atoms with van der Waals surface area (Å²) in [6.07, 6.45) is 5.49. The first-order valence-corrected chi connectivity index (χ1v) is 10.5. The van der Waals surface area contributed by atoms with Crippen LogP contribution in [0, 0.1) is 6.92 Å². The highest BCUT2D eigenvalue weighted by atomic mass is 16.5. The highest BCUT2D eigenvalue weighted by molar-refractivity contribution is 5.93. The maximum Gasteiger partial charge on any atom is 0.276 e. The molecule has 0 atom stereocenters. The summed E-state index contributed by atoms with van der Waals surface area (Å²) >= 11 is 0. The quantitative estimate of drug-likeness (QED) is 0.520. The molecule has 0 aliphatic carbocycles. The van der Waals surface area contributed by atoms with Crippen molar-refractivity contribution in [3.8, 4) is 11.5 Å². The summed E-state index contributed by atoms with van der Waals surface area (Å²) in [5.41, 5.74) is 1.49. The molecule has 1 fully saturated rings. The van der Waals surface area contributed by atoms with Crippen LogP contribution in [0.25, 0.3) is 11.5 Å². The zero-order valence-corrected chi connectivity index (χ0v) is 18.5. The second kappa shape index (κ2) is 9.58. The van der Waals surface area contributed by atoms with Gasteiger partial charge in [0, 0.05) is 57.3 Å². The molecule has 0 bridgehead atoms. The molecule has 1 aliphatic rings. The smallest absolute Gasteiger partial charge is 0.276 e. The Hall–Kier alpha value is -3.11. The molecule has 4 rings (SSSR count). The van der Waals surface area contributed by atoms with Crippen molar-refractivity contribution in [1.29, 1.82) is 0 Å². The maximum atomic E-state index is 13.1. The Morgan fingerprint density at radius 3 is 2.56 bits per heavy atom. The summed E-state index contributed by atoms with van der Waals surface area (Å²) in [5.74, 6) is 1.54. The van der Waals surface area contributed by atoms with E-state index in [1.165, 1.54) is 0 Å².